The van der Waals surface area contributed by atoms with Crippen LogP contribution in [0.3, 0.4) is 0 Å². The van der Waals surface area contributed by atoms with Gasteiger partial charge in [-0.05, 0) is 37.3 Å². The van der Waals surface area contributed by atoms with Crippen LogP contribution in [-0.2, 0) is 24.2 Å². The minimum atomic E-state index is -3.69. The second-order valence-electron chi connectivity index (χ2n) is 8.56. The lowest BCUT2D eigenvalue weighted by Gasteiger charge is -2.24. The SMILES string of the molecule is CNC(=O)c1c(-c2ccc(F)cc2)oc2cc3c(cc12)[C@H](C)OC(COCCOC)CN3S(C)(=O)=O. The van der Waals surface area contributed by atoms with Gasteiger partial charge in [0, 0.05) is 36.7 Å². The molecule has 0 radical (unpaired) electrons. The zero-order valence-electron chi connectivity index (χ0n) is 20.5. The second-order valence-corrected chi connectivity index (χ2v) is 10.5. The standard InChI is InChI=1S/C25H29FN2O7S/c1-15-19-11-20-22(35-24(23(20)25(29)27-2)16-5-7-17(26)8-6-16)12-21(19)28(36(4,30)31)13-18(34-15)14-33-10-9-32-3/h5-8,11-12,15,18H,9-10,13-14H2,1-4H3,(H,27,29)/t15-,18?/m0/s1. The Morgan fingerprint density at radius 3 is 2.58 bits per heavy atom. The maximum Gasteiger partial charge on any atom is 0.255 e. The normalized spacial score (nSPS) is 18.2. The van der Waals surface area contributed by atoms with Gasteiger partial charge in [-0.2, -0.15) is 0 Å². The second kappa shape index (κ2) is 10.6. The summed E-state index contributed by atoms with van der Waals surface area (Å²) in [4.78, 5) is 12.9. The van der Waals surface area contributed by atoms with Gasteiger partial charge in [0.15, 0.2) is 0 Å². The number of nitrogens with one attached hydrogen (secondary N) is 1. The van der Waals surface area contributed by atoms with Crippen molar-refractivity contribution in [1.82, 2.24) is 5.32 Å². The number of rotatable bonds is 8. The first kappa shape index (κ1) is 26.1. The summed E-state index contributed by atoms with van der Waals surface area (Å²) in [5.41, 5.74) is 2.09. The molecule has 0 saturated heterocycles. The molecule has 0 bridgehead atoms. The van der Waals surface area contributed by atoms with Crippen LogP contribution in [-0.4, -0.2) is 67.2 Å². The number of methoxy groups -OCH3 is 1. The first-order valence-corrected chi connectivity index (χ1v) is 13.3. The highest BCUT2D eigenvalue weighted by Crippen LogP contribution is 2.42. The van der Waals surface area contributed by atoms with E-state index in [2.05, 4.69) is 5.32 Å². The number of carbonyl (C=O) groups excluding carboxylic acids is 1. The highest BCUT2D eigenvalue weighted by molar-refractivity contribution is 7.92. The number of carbonyl (C=O) groups is 1. The molecule has 1 aliphatic rings. The fourth-order valence-corrected chi connectivity index (χ4v) is 5.25. The van der Waals surface area contributed by atoms with Gasteiger partial charge in [0.05, 0.1) is 50.0 Å². The summed E-state index contributed by atoms with van der Waals surface area (Å²) in [6, 6.07) is 8.94. The van der Waals surface area contributed by atoms with Gasteiger partial charge >= 0.3 is 0 Å². The van der Waals surface area contributed by atoms with Gasteiger partial charge in [0.2, 0.25) is 10.0 Å². The molecule has 36 heavy (non-hydrogen) atoms. The minimum Gasteiger partial charge on any atom is -0.455 e. The summed E-state index contributed by atoms with van der Waals surface area (Å²) in [5, 5.41) is 3.11. The number of anilines is 1. The van der Waals surface area contributed by atoms with Crippen LogP contribution in [0.25, 0.3) is 22.3 Å². The van der Waals surface area contributed by atoms with Crippen LogP contribution >= 0.6 is 0 Å². The van der Waals surface area contributed by atoms with Crippen LogP contribution in [0, 0.1) is 5.82 Å². The van der Waals surface area contributed by atoms with Crippen molar-refractivity contribution < 1.29 is 36.2 Å². The van der Waals surface area contributed by atoms with Crippen molar-refractivity contribution in [2.45, 2.75) is 19.1 Å². The summed E-state index contributed by atoms with van der Waals surface area (Å²) in [7, 11) is -0.620. The van der Waals surface area contributed by atoms with E-state index in [1.807, 2.05) is 6.92 Å². The molecule has 3 aromatic rings. The number of hydrogen-bond donors (Lipinski definition) is 1. The Morgan fingerprint density at radius 1 is 1.22 bits per heavy atom. The number of benzene rings is 2. The summed E-state index contributed by atoms with van der Waals surface area (Å²) in [6.45, 7) is 2.81. The van der Waals surface area contributed by atoms with Crippen molar-refractivity contribution in [3.8, 4) is 11.3 Å². The number of halogens is 1. The molecule has 2 atom stereocenters. The fourth-order valence-electron chi connectivity index (χ4n) is 4.30. The molecule has 1 aliphatic heterocycles. The molecule has 2 aromatic carbocycles. The molecule has 0 saturated carbocycles. The third kappa shape index (κ3) is 5.24. The number of nitrogens with zero attached hydrogens (tertiary/aromatic N) is 1. The Morgan fingerprint density at radius 2 is 1.94 bits per heavy atom. The van der Waals surface area contributed by atoms with Crippen molar-refractivity contribution >= 4 is 32.6 Å². The van der Waals surface area contributed by atoms with Crippen LogP contribution in [0.1, 0.15) is 28.9 Å². The predicted molar refractivity (Wildman–Crippen MR) is 133 cm³/mol. The fraction of sp³-hybridized carbons (Fsp3) is 0.400. The Bertz CT molecular complexity index is 1350. The summed E-state index contributed by atoms with van der Waals surface area (Å²) in [5.74, 6) is -0.549. The molecular formula is C25H29FN2O7S. The lowest BCUT2D eigenvalue weighted by molar-refractivity contribution is -0.0503. The molecule has 9 nitrogen and oxygen atoms in total. The average molecular weight is 521 g/mol. The van der Waals surface area contributed by atoms with Crippen LogP contribution in [0.2, 0.25) is 0 Å². The lowest BCUT2D eigenvalue weighted by Crippen LogP contribution is -2.38. The third-order valence-corrected chi connectivity index (χ3v) is 7.15. The molecule has 1 N–H and O–H groups in total. The van der Waals surface area contributed by atoms with Gasteiger partial charge in [-0.15, -0.1) is 0 Å². The van der Waals surface area contributed by atoms with Gasteiger partial charge in [0.25, 0.3) is 5.91 Å². The molecule has 2 heterocycles. The molecule has 1 amide bonds. The zero-order valence-corrected chi connectivity index (χ0v) is 21.4. The molecule has 0 aliphatic carbocycles. The van der Waals surface area contributed by atoms with Crippen LogP contribution in [0.15, 0.2) is 40.8 Å². The van der Waals surface area contributed by atoms with E-state index >= 15 is 0 Å². The predicted octanol–water partition coefficient (Wildman–Crippen LogP) is 3.49. The van der Waals surface area contributed by atoms with Crippen molar-refractivity contribution in [1.29, 1.82) is 0 Å². The number of sulfonamides is 1. The van der Waals surface area contributed by atoms with E-state index in [0.29, 0.717) is 41.0 Å². The van der Waals surface area contributed by atoms with Crippen LogP contribution in [0.4, 0.5) is 10.1 Å². The number of ether oxygens (including phenoxy) is 3. The molecule has 4 rings (SSSR count). The topological polar surface area (TPSA) is 107 Å². The Kier molecular flexibility index (Phi) is 7.65. The van der Waals surface area contributed by atoms with Gasteiger partial charge in [-0.1, -0.05) is 0 Å². The maximum absolute atomic E-state index is 13.5. The van der Waals surface area contributed by atoms with E-state index in [1.54, 1.807) is 19.2 Å². The largest absolute Gasteiger partial charge is 0.455 e. The molecule has 0 fully saturated rings. The molecule has 194 valence electrons. The maximum atomic E-state index is 13.5. The first-order chi connectivity index (χ1) is 17.1. The molecule has 0 spiro atoms. The van der Waals surface area contributed by atoms with Crippen LogP contribution in [0.5, 0.6) is 0 Å². The highest BCUT2D eigenvalue weighted by atomic mass is 32.2. The Balaban J connectivity index is 1.85. The van der Waals surface area contributed by atoms with Gasteiger partial charge in [-0.25, -0.2) is 12.8 Å². The molecular weight excluding hydrogens is 491 g/mol. The van der Waals surface area contributed by atoms with Crippen molar-refractivity contribution in [2.24, 2.45) is 0 Å². The van der Waals surface area contributed by atoms with E-state index < -0.39 is 28.0 Å². The number of furan rings is 1. The van der Waals surface area contributed by atoms with E-state index in [9.17, 15) is 17.6 Å². The molecule has 11 heteroatoms. The molecule has 1 aromatic heterocycles. The molecule has 1 unspecified atom stereocenters. The zero-order chi connectivity index (χ0) is 26.0. The van der Waals surface area contributed by atoms with Crippen molar-refractivity contribution in [3.63, 3.8) is 0 Å². The van der Waals surface area contributed by atoms with E-state index in [0.717, 1.165) is 6.26 Å². The number of amides is 1. The van der Waals surface area contributed by atoms with E-state index in [-0.39, 0.29) is 30.4 Å². The lowest BCUT2D eigenvalue weighted by atomic mass is 10.0. The monoisotopic (exact) mass is 520 g/mol. The van der Waals surface area contributed by atoms with Crippen molar-refractivity contribution in [2.75, 3.05) is 51.1 Å². The van der Waals surface area contributed by atoms with E-state index in [1.165, 1.54) is 35.6 Å². The summed E-state index contributed by atoms with van der Waals surface area (Å²) >= 11 is 0. The van der Waals surface area contributed by atoms with E-state index in [4.69, 9.17) is 18.6 Å². The van der Waals surface area contributed by atoms with Gasteiger partial charge in [0.1, 0.15) is 23.3 Å². The first-order valence-electron chi connectivity index (χ1n) is 11.4. The third-order valence-electron chi connectivity index (χ3n) is 6.01. The smallest absolute Gasteiger partial charge is 0.255 e. The summed E-state index contributed by atoms with van der Waals surface area (Å²) < 4.78 is 63.3. The Labute approximate surface area is 209 Å². The number of fused-ring (bicyclic) bond motifs is 2. The Hall–Kier alpha value is -2.99. The van der Waals surface area contributed by atoms with Crippen LogP contribution < -0.4 is 9.62 Å². The summed E-state index contributed by atoms with van der Waals surface area (Å²) in [6.07, 6.45) is 0.0920. The van der Waals surface area contributed by atoms with Gasteiger partial charge < -0.3 is 23.9 Å². The quantitative estimate of drug-likeness (QED) is 0.453. The average Bonchev–Trinajstić information content (AvgIpc) is 3.14. The van der Waals surface area contributed by atoms with Crippen molar-refractivity contribution in [3.05, 3.63) is 53.3 Å². The number of hydrogen-bond acceptors (Lipinski definition) is 7. The highest BCUT2D eigenvalue weighted by Gasteiger charge is 2.34. The minimum absolute atomic E-state index is 0.0441. The van der Waals surface area contributed by atoms with Gasteiger partial charge in [-0.3, -0.25) is 9.10 Å².